The van der Waals surface area contributed by atoms with E-state index in [1.807, 2.05) is 0 Å². The van der Waals surface area contributed by atoms with Gasteiger partial charge in [0.25, 0.3) is 0 Å². The predicted octanol–water partition coefficient (Wildman–Crippen LogP) is 2.59. The van der Waals surface area contributed by atoms with Crippen molar-refractivity contribution in [2.75, 3.05) is 5.73 Å². The van der Waals surface area contributed by atoms with Gasteiger partial charge in [-0.15, -0.1) is 4.91 Å². The van der Waals surface area contributed by atoms with Crippen molar-refractivity contribution in [3.05, 3.63) is 43.8 Å². The second-order valence-electron chi connectivity index (χ2n) is 6.27. The van der Waals surface area contributed by atoms with Crippen molar-refractivity contribution >= 4 is 22.5 Å². The SMILES string of the molecule is CC1(C)CCc2c(C(=O)N=O)c(=O)c3c(N)c(F)c(F)c(F)c3n21. The topological polar surface area (TPSA) is 94.5 Å². The van der Waals surface area contributed by atoms with E-state index in [9.17, 15) is 27.7 Å². The Morgan fingerprint density at radius 1 is 1.21 bits per heavy atom. The molecule has 2 N–H and O–H groups in total. The molecule has 24 heavy (non-hydrogen) atoms. The van der Waals surface area contributed by atoms with Crippen LogP contribution in [0.1, 0.15) is 36.3 Å². The van der Waals surface area contributed by atoms with E-state index in [0.29, 0.717) is 6.42 Å². The minimum Gasteiger partial charge on any atom is -0.396 e. The highest BCUT2D eigenvalue weighted by Gasteiger charge is 2.38. The molecular formula is C15H12F3N3O3. The minimum atomic E-state index is -1.80. The van der Waals surface area contributed by atoms with Gasteiger partial charge in [0, 0.05) is 16.4 Å². The van der Waals surface area contributed by atoms with Crippen LogP contribution in [0.15, 0.2) is 9.97 Å². The van der Waals surface area contributed by atoms with E-state index in [-0.39, 0.29) is 12.1 Å². The molecule has 1 aromatic heterocycles. The molecule has 1 aliphatic heterocycles. The lowest BCUT2D eigenvalue weighted by atomic mass is 10.0. The van der Waals surface area contributed by atoms with Gasteiger partial charge in [0.15, 0.2) is 17.5 Å². The molecule has 2 heterocycles. The number of benzene rings is 1. The first-order valence-electron chi connectivity index (χ1n) is 7.05. The zero-order valence-corrected chi connectivity index (χ0v) is 12.7. The van der Waals surface area contributed by atoms with Gasteiger partial charge in [-0.3, -0.25) is 9.59 Å². The highest BCUT2D eigenvalue weighted by Crippen LogP contribution is 2.39. The van der Waals surface area contributed by atoms with Gasteiger partial charge in [-0.25, -0.2) is 13.2 Å². The van der Waals surface area contributed by atoms with Crippen molar-refractivity contribution in [2.24, 2.45) is 5.18 Å². The predicted molar refractivity (Wildman–Crippen MR) is 80.3 cm³/mol. The summed E-state index contributed by atoms with van der Waals surface area (Å²) in [6.07, 6.45) is 0.566. The summed E-state index contributed by atoms with van der Waals surface area (Å²) in [5.41, 5.74) is 1.58. The molecule has 126 valence electrons. The first-order valence-corrected chi connectivity index (χ1v) is 7.05. The Morgan fingerprint density at radius 2 is 1.83 bits per heavy atom. The number of nitrogens with zero attached hydrogens (tertiary/aromatic N) is 2. The molecule has 0 saturated heterocycles. The normalized spacial score (nSPS) is 15.5. The summed E-state index contributed by atoms with van der Waals surface area (Å²) >= 11 is 0. The molecule has 2 aromatic rings. The summed E-state index contributed by atoms with van der Waals surface area (Å²) in [6.45, 7) is 3.35. The fourth-order valence-corrected chi connectivity index (χ4v) is 3.32. The molecule has 0 fully saturated rings. The third-order valence-electron chi connectivity index (χ3n) is 4.45. The second-order valence-corrected chi connectivity index (χ2v) is 6.27. The van der Waals surface area contributed by atoms with Crippen molar-refractivity contribution in [3.63, 3.8) is 0 Å². The Hall–Kier alpha value is -2.71. The zero-order chi connectivity index (χ0) is 18.0. The molecule has 6 nitrogen and oxygen atoms in total. The van der Waals surface area contributed by atoms with E-state index in [1.165, 1.54) is 4.57 Å². The van der Waals surface area contributed by atoms with Crippen LogP contribution in [-0.2, 0) is 12.0 Å². The van der Waals surface area contributed by atoms with E-state index < -0.39 is 56.5 Å². The number of carbonyl (C=O) groups is 1. The molecule has 0 spiro atoms. The highest BCUT2D eigenvalue weighted by molar-refractivity contribution is 6.02. The highest BCUT2D eigenvalue weighted by atomic mass is 19.2. The van der Waals surface area contributed by atoms with Gasteiger partial charge in [-0.1, -0.05) is 0 Å². The lowest BCUT2D eigenvalue weighted by Crippen LogP contribution is -2.29. The number of anilines is 1. The first kappa shape index (κ1) is 16.2. The van der Waals surface area contributed by atoms with E-state index in [1.54, 1.807) is 13.8 Å². The van der Waals surface area contributed by atoms with Crippen LogP contribution in [0.4, 0.5) is 18.9 Å². The number of nitrogen functional groups attached to an aromatic ring is 1. The van der Waals surface area contributed by atoms with E-state index in [2.05, 4.69) is 5.18 Å². The number of hydrogen-bond donors (Lipinski definition) is 1. The average molecular weight is 339 g/mol. The van der Waals surface area contributed by atoms with Crippen LogP contribution in [0.25, 0.3) is 10.9 Å². The van der Waals surface area contributed by atoms with Crippen LogP contribution in [0.5, 0.6) is 0 Å². The fraction of sp³-hybridized carbons (Fsp3) is 0.333. The van der Waals surface area contributed by atoms with E-state index in [0.717, 1.165) is 0 Å². The molecule has 0 bridgehead atoms. The maximum Gasteiger partial charge on any atom is 0.322 e. The number of aromatic nitrogens is 1. The van der Waals surface area contributed by atoms with Crippen LogP contribution in [-0.4, -0.2) is 10.5 Å². The lowest BCUT2D eigenvalue weighted by Gasteiger charge is -2.26. The van der Waals surface area contributed by atoms with Crippen LogP contribution in [0.3, 0.4) is 0 Å². The van der Waals surface area contributed by atoms with Crippen molar-refractivity contribution in [3.8, 4) is 0 Å². The maximum absolute atomic E-state index is 14.4. The number of nitroso groups, excluding NO2 is 1. The van der Waals surface area contributed by atoms with Gasteiger partial charge in [0.1, 0.15) is 5.56 Å². The molecule has 1 aromatic carbocycles. The van der Waals surface area contributed by atoms with Crippen molar-refractivity contribution in [1.82, 2.24) is 4.57 Å². The maximum atomic E-state index is 14.4. The van der Waals surface area contributed by atoms with Gasteiger partial charge in [-0.05, 0) is 26.7 Å². The summed E-state index contributed by atoms with van der Waals surface area (Å²) < 4.78 is 43.3. The third-order valence-corrected chi connectivity index (χ3v) is 4.45. The lowest BCUT2D eigenvalue weighted by molar-refractivity contribution is 0.0998. The zero-order valence-electron chi connectivity index (χ0n) is 12.7. The molecule has 1 amide bonds. The van der Waals surface area contributed by atoms with Crippen LogP contribution in [0.2, 0.25) is 0 Å². The molecular weight excluding hydrogens is 327 g/mol. The van der Waals surface area contributed by atoms with Crippen molar-refractivity contribution in [2.45, 2.75) is 32.2 Å². The number of carbonyl (C=O) groups excluding carboxylic acids is 1. The Labute approximate surface area is 133 Å². The second kappa shape index (κ2) is 4.89. The number of fused-ring (bicyclic) bond motifs is 3. The Morgan fingerprint density at radius 3 is 2.42 bits per heavy atom. The molecule has 0 unspecified atom stereocenters. The number of rotatable bonds is 1. The summed E-state index contributed by atoms with van der Waals surface area (Å²) in [6, 6.07) is 0. The first-order chi connectivity index (χ1) is 11.1. The third kappa shape index (κ3) is 1.84. The van der Waals surface area contributed by atoms with Crippen LogP contribution in [0, 0.1) is 22.4 Å². The summed E-state index contributed by atoms with van der Waals surface area (Å²) in [5.74, 6) is -6.44. The monoisotopic (exact) mass is 339 g/mol. The largest absolute Gasteiger partial charge is 0.396 e. The number of amides is 1. The number of hydrogen-bond acceptors (Lipinski definition) is 4. The average Bonchev–Trinajstić information content (AvgIpc) is 2.84. The summed E-state index contributed by atoms with van der Waals surface area (Å²) in [4.78, 5) is 35.0. The molecule has 0 atom stereocenters. The fourth-order valence-electron chi connectivity index (χ4n) is 3.32. The Balaban J connectivity index is 2.71. The van der Waals surface area contributed by atoms with Crippen LogP contribution >= 0.6 is 0 Å². The smallest absolute Gasteiger partial charge is 0.322 e. The molecule has 1 aliphatic rings. The van der Waals surface area contributed by atoms with E-state index in [4.69, 9.17) is 5.73 Å². The summed E-state index contributed by atoms with van der Waals surface area (Å²) in [7, 11) is 0. The molecule has 9 heteroatoms. The minimum absolute atomic E-state index is 0.0615. The molecule has 0 aliphatic carbocycles. The van der Waals surface area contributed by atoms with Crippen molar-refractivity contribution in [1.29, 1.82) is 0 Å². The molecule has 3 rings (SSSR count). The van der Waals surface area contributed by atoms with Gasteiger partial charge < -0.3 is 10.3 Å². The van der Waals surface area contributed by atoms with Crippen molar-refractivity contribution < 1.29 is 18.0 Å². The van der Waals surface area contributed by atoms with Crippen LogP contribution < -0.4 is 11.2 Å². The standard InChI is InChI=1S/C15H12F3N3O3/c1-15(2)4-3-5-6(14(23)20-24)13(22)7-11(19)9(17)8(16)10(18)12(7)21(5)15/h3-4,19H2,1-2H3. The Bertz CT molecular complexity index is 996. The Kier molecular flexibility index (Phi) is 3.29. The molecule has 0 radical (unpaired) electrons. The van der Waals surface area contributed by atoms with Gasteiger partial charge in [0.2, 0.25) is 5.43 Å². The van der Waals surface area contributed by atoms with Gasteiger partial charge in [0.05, 0.1) is 16.6 Å². The summed E-state index contributed by atoms with van der Waals surface area (Å²) in [5, 5.41) is 1.57. The van der Waals surface area contributed by atoms with Gasteiger partial charge >= 0.3 is 5.91 Å². The number of halogens is 3. The number of pyridine rings is 1. The molecule has 0 saturated carbocycles. The van der Waals surface area contributed by atoms with Gasteiger partial charge in [-0.2, -0.15) is 0 Å². The van der Waals surface area contributed by atoms with E-state index >= 15 is 0 Å². The number of nitrogens with two attached hydrogens (primary N) is 1. The quantitative estimate of drug-likeness (QED) is 0.491.